The Bertz CT molecular complexity index is 508. The second kappa shape index (κ2) is 7.22. The number of nitrogens with one attached hydrogen (secondary N) is 1. The van der Waals surface area contributed by atoms with Crippen molar-refractivity contribution in [3.8, 4) is 0 Å². The number of amides is 1. The van der Waals surface area contributed by atoms with Crippen molar-refractivity contribution in [3.63, 3.8) is 0 Å². The summed E-state index contributed by atoms with van der Waals surface area (Å²) >= 11 is 0. The van der Waals surface area contributed by atoms with Gasteiger partial charge in [-0.3, -0.25) is 4.79 Å². The number of para-hydroxylation sites is 1. The van der Waals surface area contributed by atoms with E-state index in [1.165, 1.54) is 7.11 Å². The smallest absolute Gasteiger partial charge is 0.339 e. The first-order valence-electron chi connectivity index (χ1n) is 7.34. The summed E-state index contributed by atoms with van der Waals surface area (Å²) in [6, 6.07) is 6.89. The molecular weight excluding hydrogens is 268 g/mol. The maximum atomic E-state index is 12.3. The zero-order valence-corrected chi connectivity index (χ0v) is 12.3. The molecule has 0 aliphatic heterocycles. The van der Waals surface area contributed by atoms with Crippen LogP contribution in [0, 0.1) is 11.8 Å². The molecule has 21 heavy (non-hydrogen) atoms. The van der Waals surface area contributed by atoms with Gasteiger partial charge in [-0.1, -0.05) is 12.1 Å². The number of methoxy groups -OCH3 is 1. The monoisotopic (exact) mass is 290 g/mol. The van der Waals surface area contributed by atoms with Crippen LogP contribution in [0.2, 0.25) is 0 Å². The molecule has 5 heteroatoms. The van der Waals surface area contributed by atoms with Crippen LogP contribution in [0.15, 0.2) is 24.3 Å². The molecule has 114 valence electrons. The lowest BCUT2D eigenvalue weighted by molar-refractivity contribution is -0.121. The van der Waals surface area contributed by atoms with Crippen molar-refractivity contribution in [2.24, 2.45) is 17.6 Å². The Balaban J connectivity index is 2.02. The van der Waals surface area contributed by atoms with Crippen LogP contribution in [0.1, 0.15) is 36.0 Å². The molecule has 3 N–H and O–H groups in total. The summed E-state index contributed by atoms with van der Waals surface area (Å²) in [5, 5.41) is 2.86. The van der Waals surface area contributed by atoms with Gasteiger partial charge in [0, 0.05) is 5.92 Å². The Morgan fingerprint density at radius 3 is 2.52 bits per heavy atom. The van der Waals surface area contributed by atoms with Crippen molar-refractivity contribution in [2.75, 3.05) is 19.0 Å². The van der Waals surface area contributed by atoms with Gasteiger partial charge in [-0.25, -0.2) is 4.79 Å². The van der Waals surface area contributed by atoms with E-state index in [0.29, 0.717) is 23.7 Å². The van der Waals surface area contributed by atoms with Crippen molar-refractivity contribution < 1.29 is 14.3 Å². The lowest BCUT2D eigenvalue weighted by Gasteiger charge is -2.27. The van der Waals surface area contributed by atoms with E-state index < -0.39 is 5.97 Å². The van der Waals surface area contributed by atoms with Gasteiger partial charge in [-0.15, -0.1) is 0 Å². The summed E-state index contributed by atoms with van der Waals surface area (Å²) in [5.74, 6) is 0.0643. The second-order valence-electron chi connectivity index (χ2n) is 5.48. The number of nitrogens with two attached hydrogens (primary N) is 1. The highest BCUT2D eigenvalue weighted by Crippen LogP contribution is 2.29. The van der Waals surface area contributed by atoms with Gasteiger partial charge in [0.15, 0.2) is 0 Å². The van der Waals surface area contributed by atoms with Crippen molar-refractivity contribution in [2.45, 2.75) is 25.7 Å². The van der Waals surface area contributed by atoms with Gasteiger partial charge in [-0.2, -0.15) is 0 Å². The first-order chi connectivity index (χ1) is 10.2. The van der Waals surface area contributed by atoms with Gasteiger partial charge >= 0.3 is 5.97 Å². The Hall–Kier alpha value is -1.88. The summed E-state index contributed by atoms with van der Waals surface area (Å²) in [6.45, 7) is 0.694. The Morgan fingerprint density at radius 2 is 1.90 bits per heavy atom. The van der Waals surface area contributed by atoms with Crippen LogP contribution in [0.4, 0.5) is 5.69 Å². The molecule has 0 heterocycles. The van der Waals surface area contributed by atoms with Crippen molar-refractivity contribution in [1.82, 2.24) is 0 Å². The minimum atomic E-state index is -0.447. The summed E-state index contributed by atoms with van der Waals surface area (Å²) in [4.78, 5) is 24.0. The Morgan fingerprint density at radius 1 is 1.24 bits per heavy atom. The minimum Gasteiger partial charge on any atom is -0.465 e. The molecule has 1 aliphatic carbocycles. The number of ether oxygens (including phenoxy) is 1. The molecule has 1 fully saturated rings. The van der Waals surface area contributed by atoms with Crippen LogP contribution in [0.5, 0.6) is 0 Å². The molecule has 0 atom stereocenters. The Labute approximate surface area is 124 Å². The highest BCUT2D eigenvalue weighted by atomic mass is 16.5. The predicted molar refractivity (Wildman–Crippen MR) is 80.9 cm³/mol. The number of hydrogen-bond acceptors (Lipinski definition) is 4. The fourth-order valence-corrected chi connectivity index (χ4v) is 2.78. The molecule has 5 nitrogen and oxygen atoms in total. The molecule has 0 aromatic heterocycles. The largest absolute Gasteiger partial charge is 0.465 e. The number of rotatable bonds is 4. The minimum absolute atomic E-state index is 0.00139. The third kappa shape index (κ3) is 3.82. The van der Waals surface area contributed by atoms with E-state index in [9.17, 15) is 9.59 Å². The topological polar surface area (TPSA) is 81.4 Å². The number of carbonyl (C=O) groups is 2. The molecule has 0 bridgehead atoms. The Kier molecular flexibility index (Phi) is 5.33. The van der Waals surface area contributed by atoms with Crippen LogP contribution < -0.4 is 11.1 Å². The molecule has 0 saturated heterocycles. The van der Waals surface area contributed by atoms with Crippen molar-refractivity contribution in [1.29, 1.82) is 0 Å². The number of hydrogen-bond donors (Lipinski definition) is 2. The fraction of sp³-hybridized carbons (Fsp3) is 0.500. The standard InChI is InChI=1S/C16H22N2O3/c1-21-16(20)13-4-2-3-5-14(13)18-15(19)12-8-6-11(10-17)7-9-12/h2-5,11-12H,6-10,17H2,1H3,(H,18,19). The summed E-state index contributed by atoms with van der Waals surface area (Å²) < 4.78 is 4.73. The van der Waals surface area contributed by atoms with Crippen molar-refractivity contribution >= 4 is 17.6 Å². The van der Waals surface area contributed by atoms with E-state index in [4.69, 9.17) is 10.5 Å². The second-order valence-corrected chi connectivity index (χ2v) is 5.48. The predicted octanol–water partition coefficient (Wildman–Crippen LogP) is 2.18. The van der Waals surface area contributed by atoms with Crippen LogP contribution in [0.3, 0.4) is 0 Å². The first kappa shape index (κ1) is 15.5. The van der Waals surface area contributed by atoms with Gasteiger partial charge in [-0.05, 0) is 50.3 Å². The molecule has 0 unspecified atom stereocenters. The number of anilines is 1. The normalized spacial score (nSPS) is 21.6. The molecule has 1 aliphatic rings. The molecule has 0 radical (unpaired) electrons. The number of esters is 1. The molecule has 1 aromatic rings. The van der Waals surface area contributed by atoms with E-state index >= 15 is 0 Å². The third-order valence-electron chi connectivity index (χ3n) is 4.14. The molecule has 1 saturated carbocycles. The van der Waals surface area contributed by atoms with Gasteiger partial charge in [0.1, 0.15) is 0 Å². The first-order valence-corrected chi connectivity index (χ1v) is 7.34. The number of benzene rings is 1. The molecular formula is C16H22N2O3. The summed E-state index contributed by atoms with van der Waals surface area (Å²) in [7, 11) is 1.33. The molecule has 1 amide bonds. The molecule has 2 rings (SSSR count). The maximum absolute atomic E-state index is 12.3. The average molecular weight is 290 g/mol. The van der Waals surface area contributed by atoms with Gasteiger partial charge in [0.2, 0.25) is 5.91 Å². The van der Waals surface area contributed by atoms with Gasteiger partial charge in [0.25, 0.3) is 0 Å². The zero-order valence-electron chi connectivity index (χ0n) is 12.3. The summed E-state index contributed by atoms with van der Waals surface area (Å²) in [5.41, 5.74) is 6.55. The van der Waals surface area contributed by atoms with E-state index in [2.05, 4.69) is 5.32 Å². The van der Waals surface area contributed by atoms with E-state index in [1.807, 2.05) is 0 Å². The average Bonchev–Trinajstić information content (AvgIpc) is 2.54. The number of carbonyl (C=O) groups excluding carboxylic acids is 2. The molecule has 0 spiro atoms. The van der Waals surface area contributed by atoms with E-state index in [0.717, 1.165) is 25.7 Å². The van der Waals surface area contributed by atoms with Crippen LogP contribution in [0.25, 0.3) is 0 Å². The van der Waals surface area contributed by atoms with Crippen LogP contribution in [-0.2, 0) is 9.53 Å². The molecule has 1 aromatic carbocycles. The van der Waals surface area contributed by atoms with Crippen LogP contribution >= 0.6 is 0 Å². The van der Waals surface area contributed by atoms with Crippen molar-refractivity contribution in [3.05, 3.63) is 29.8 Å². The lowest BCUT2D eigenvalue weighted by Crippen LogP contribution is -2.29. The van der Waals surface area contributed by atoms with E-state index in [-0.39, 0.29) is 11.8 Å². The lowest BCUT2D eigenvalue weighted by atomic mass is 9.81. The third-order valence-corrected chi connectivity index (χ3v) is 4.14. The summed E-state index contributed by atoms with van der Waals surface area (Å²) in [6.07, 6.45) is 3.70. The van der Waals surface area contributed by atoms with Crippen LogP contribution in [-0.4, -0.2) is 25.5 Å². The van der Waals surface area contributed by atoms with Gasteiger partial charge in [0.05, 0.1) is 18.4 Å². The highest BCUT2D eigenvalue weighted by molar-refractivity contribution is 6.01. The SMILES string of the molecule is COC(=O)c1ccccc1NC(=O)C1CCC(CN)CC1. The highest BCUT2D eigenvalue weighted by Gasteiger charge is 2.26. The quantitative estimate of drug-likeness (QED) is 0.833. The van der Waals surface area contributed by atoms with E-state index in [1.54, 1.807) is 24.3 Å². The van der Waals surface area contributed by atoms with Gasteiger partial charge < -0.3 is 15.8 Å². The zero-order chi connectivity index (χ0) is 15.2. The maximum Gasteiger partial charge on any atom is 0.339 e. The fourth-order valence-electron chi connectivity index (χ4n) is 2.78.